The topological polar surface area (TPSA) is 40.6 Å². The first-order chi connectivity index (χ1) is 11.2. The van der Waals surface area contributed by atoms with Crippen molar-refractivity contribution in [1.82, 2.24) is 4.98 Å². The van der Waals surface area contributed by atoms with Gasteiger partial charge in [-0.3, -0.25) is 4.98 Å². The quantitative estimate of drug-likeness (QED) is 0.795. The molecule has 0 bridgehead atoms. The van der Waals surface area contributed by atoms with Gasteiger partial charge in [-0.15, -0.1) is 0 Å². The Labute approximate surface area is 146 Å². The van der Waals surface area contributed by atoms with E-state index in [1.165, 1.54) is 0 Å². The van der Waals surface area contributed by atoms with E-state index in [0.717, 1.165) is 42.9 Å². The number of hydrogen-bond acceptors (Lipinski definition) is 4. The van der Waals surface area contributed by atoms with Crippen molar-refractivity contribution in [3.05, 3.63) is 23.5 Å². The molecule has 3 heterocycles. The monoisotopic (exact) mass is 331 g/mol. The van der Waals surface area contributed by atoms with Crippen molar-refractivity contribution in [2.24, 2.45) is 5.92 Å². The van der Waals surface area contributed by atoms with E-state index in [2.05, 4.69) is 53.7 Å². The summed E-state index contributed by atoms with van der Waals surface area (Å²) in [6, 6.07) is 4.31. The maximum atomic E-state index is 6.25. The minimum absolute atomic E-state index is 0.324. The first kappa shape index (κ1) is 17.9. The molecule has 2 saturated heterocycles. The van der Waals surface area contributed by atoms with Gasteiger partial charge in [-0.2, -0.15) is 0 Å². The second-order valence-electron chi connectivity index (χ2n) is 8.56. The molecule has 5 heteroatoms. The average Bonchev–Trinajstić information content (AvgIpc) is 3.05. The number of aromatic nitrogens is 1. The summed E-state index contributed by atoms with van der Waals surface area (Å²) in [5, 5.41) is 0. The standard InChI is InChI=1S/C19H30BNO3/c1-13(2)9-16-10-15(11-17(21-16)14-7-8-22-12-14)20-23-18(3,4)19(5,6)24-20/h10-11,13-14H,7-9,12H2,1-6H3. The Morgan fingerprint density at radius 1 is 1.17 bits per heavy atom. The van der Waals surface area contributed by atoms with Crippen LogP contribution in [0.2, 0.25) is 0 Å². The molecule has 1 aromatic rings. The van der Waals surface area contributed by atoms with E-state index in [-0.39, 0.29) is 18.3 Å². The Morgan fingerprint density at radius 3 is 2.38 bits per heavy atom. The fourth-order valence-electron chi connectivity index (χ4n) is 3.25. The van der Waals surface area contributed by atoms with Gasteiger partial charge in [0.2, 0.25) is 0 Å². The molecule has 0 N–H and O–H groups in total. The summed E-state index contributed by atoms with van der Waals surface area (Å²) in [5.74, 6) is 0.956. The molecule has 0 radical (unpaired) electrons. The predicted molar refractivity (Wildman–Crippen MR) is 96.7 cm³/mol. The molecule has 2 aliphatic heterocycles. The van der Waals surface area contributed by atoms with Crippen molar-refractivity contribution in [2.45, 2.75) is 71.5 Å². The van der Waals surface area contributed by atoms with Gasteiger partial charge in [0.05, 0.1) is 17.8 Å². The van der Waals surface area contributed by atoms with Gasteiger partial charge in [0.25, 0.3) is 0 Å². The molecule has 2 aliphatic rings. The highest BCUT2D eigenvalue weighted by molar-refractivity contribution is 6.62. The molecule has 4 nitrogen and oxygen atoms in total. The minimum Gasteiger partial charge on any atom is -0.399 e. The highest BCUT2D eigenvalue weighted by atomic mass is 16.7. The van der Waals surface area contributed by atoms with E-state index >= 15 is 0 Å². The first-order valence-electron chi connectivity index (χ1n) is 9.12. The Morgan fingerprint density at radius 2 is 1.83 bits per heavy atom. The molecule has 0 amide bonds. The van der Waals surface area contributed by atoms with E-state index in [9.17, 15) is 0 Å². The Balaban J connectivity index is 1.93. The van der Waals surface area contributed by atoms with Gasteiger partial charge in [0.1, 0.15) is 0 Å². The second kappa shape index (κ2) is 6.43. The van der Waals surface area contributed by atoms with Gasteiger partial charge >= 0.3 is 7.12 Å². The molecule has 1 atom stereocenters. The summed E-state index contributed by atoms with van der Waals surface area (Å²) in [6.07, 6.45) is 2.01. The van der Waals surface area contributed by atoms with Crippen LogP contribution in [0.3, 0.4) is 0 Å². The van der Waals surface area contributed by atoms with Crippen LogP contribution in [0, 0.1) is 5.92 Å². The molecule has 24 heavy (non-hydrogen) atoms. The summed E-state index contributed by atoms with van der Waals surface area (Å²) in [7, 11) is -0.329. The lowest BCUT2D eigenvalue weighted by molar-refractivity contribution is 0.00578. The molecule has 1 unspecified atom stereocenters. The van der Waals surface area contributed by atoms with Crippen LogP contribution in [0.25, 0.3) is 0 Å². The van der Waals surface area contributed by atoms with Crippen molar-refractivity contribution in [1.29, 1.82) is 0 Å². The van der Waals surface area contributed by atoms with Crippen molar-refractivity contribution in [3.63, 3.8) is 0 Å². The van der Waals surface area contributed by atoms with E-state index < -0.39 is 0 Å². The number of pyridine rings is 1. The molecule has 0 aliphatic carbocycles. The average molecular weight is 331 g/mol. The molecule has 0 saturated carbocycles. The van der Waals surface area contributed by atoms with Crippen LogP contribution in [0.4, 0.5) is 0 Å². The third kappa shape index (κ3) is 3.53. The van der Waals surface area contributed by atoms with E-state index in [0.29, 0.717) is 11.8 Å². The summed E-state index contributed by atoms with van der Waals surface area (Å²) in [4.78, 5) is 4.91. The highest BCUT2D eigenvalue weighted by Crippen LogP contribution is 2.36. The largest absolute Gasteiger partial charge is 0.494 e. The number of hydrogen-bond donors (Lipinski definition) is 0. The second-order valence-corrected chi connectivity index (χ2v) is 8.56. The number of ether oxygens (including phenoxy) is 1. The summed E-state index contributed by atoms with van der Waals surface area (Å²) >= 11 is 0. The first-order valence-corrected chi connectivity index (χ1v) is 9.12. The molecule has 0 spiro atoms. The van der Waals surface area contributed by atoms with Crippen LogP contribution in [-0.2, 0) is 20.5 Å². The van der Waals surface area contributed by atoms with E-state index in [1.807, 2.05) is 0 Å². The summed E-state index contributed by atoms with van der Waals surface area (Å²) in [6.45, 7) is 14.4. The third-order valence-electron chi connectivity index (χ3n) is 5.41. The SMILES string of the molecule is CC(C)Cc1cc(B2OC(C)(C)C(C)(C)O2)cc(C2CCOC2)n1. The van der Waals surface area contributed by atoms with Gasteiger partial charge in [-0.05, 0) is 64.1 Å². The lowest BCUT2D eigenvalue weighted by atomic mass is 9.77. The fraction of sp³-hybridized carbons (Fsp3) is 0.737. The molecular weight excluding hydrogens is 301 g/mol. The molecule has 132 valence electrons. The maximum Gasteiger partial charge on any atom is 0.494 e. The van der Waals surface area contributed by atoms with E-state index in [4.69, 9.17) is 19.0 Å². The summed E-state index contributed by atoms with van der Waals surface area (Å²) in [5.41, 5.74) is 2.68. The zero-order valence-electron chi connectivity index (χ0n) is 15.9. The van der Waals surface area contributed by atoms with Crippen molar-refractivity contribution in [3.8, 4) is 0 Å². The zero-order chi connectivity index (χ0) is 17.5. The summed E-state index contributed by atoms with van der Waals surface area (Å²) < 4.78 is 18.1. The van der Waals surface area contributed by atoms with Gasteiger partial charge in [-0.25, -0.2) is 0 Å². The van der Waals surface area contributed by atoms with Crippen LogP contribution in [0.15, 0.2) is 12.1 Å². The van der Waals surface area contributed by atoms with Crippen LogP contribution in [0.5, 0.6) is 0 Å². The van der Waals surface area contributed by atoms with Crippen LogP contribution < -0.4 is 5.46 Å². The number of rotatable bonds is 4. The van der Waals surface area contributed by atoms with E-state index in [1.54, 1.807) is 0 Å². The lowest BCUT2D eigenvalue weighted by Gasteiger charge is -2.32. The third-order valence-corrected chi connectivity index (χ3v) is 5.41. The van der Waals surface area contributed by atoms with Crippen LogP contribution >= 0.6 is 0 Å². The number of nitrogens with zero attached hydrogens (tertiary/aromatic N) is 1. The molecule has 3 rings (SSSR count). The van der Waals surface area contributed by atoms with Crippen molar-refractivity contribution < 1.29 is 14.0 Å². The van der Waals surface area contributed by atoms with Crippen molar-refractivity contribution >= 4 is 12.6 Å². The van der Waals surface area contributed by atoms with Gasteiger partial charge in [0.15, 0.2) is 0 Å². The minimum atomic E-state index is -0.329. The van der Waals surface area contributed by atoms with Crippen LogP contribution in [-0.4, -0.2) is 36.5 Å². The molecule has 1 aromatic heterocycles. The van der Waals surface area contributed by atoms with Crippen LogP contribution in [0.1, 0.15) is 65.3 Å². The Hall–Kier alpha value is -0.905. The van der Waals surface area contributed by atoms with Gasteiger partial charge in [-0.1, -0.05) is 13.8 Å². The highest BCUT2D eigenvalue weighted by Gasteiger charge is 2.51. The van der Waals surface area contributed by atoms with Crippen molar-refractivity contribution in [2.75, 3.05) is 13.2 Å². The molecule has 0 aromatic carbocycles. The smallest absolute Gasteiger partial charge is 0.399 e. The molecular formula is C19H30BNO3. The lowest BCUT2D eigenvalue weighted by Crippen LogP contribution is -2.41. The Bertz CT molecular complexity index is 578. The zero-order valence-corrected chi connectivity index (χ0v) is 15.9. The Kier molecular flexibility index (Phi) is 4.80. The van der Waals surface area contributed by atoms with Gasteiger partial charge < -0.3 is 14.0 Å². The normalized spacial score (nSPS) is 25.6. The maximum absolute atomic E-state index is 6.25. The molecule has 2 fully saturated rings. The predicted octanol–water partition coefficient (Wildman–Crippen LogP) is 3.08. The fourth-order valence-corrected chi connectivity index (χ4v) is 3.25. The van der Waals surface area contributed by atoms with Gasteiger partial charge in [0, 0.05) is 23.9 Å².